The minimum atomic E-state index is -0.529. The maximum absolute atomic E-state index is 12.0. The first-order valence-corrected chi connectivity index (χ1v) is 8.60. The summed E-state index contributed by atoms with van der Waals surface area (Å²) in [5.74, 6) is -0.0479. The number of amides is 2. The third-order valence-electron chi connectivity index (χ3n) is 4.34. The smallest absolute Gasteiger partial charge is 0.407 e. The lowest BCUT2D eigenvalue weighted by atomic mass is 9.64. The van der Waals surface area contributed by atoms with Crippen LogP contribution in [0.25, 0.3) is 0 Å². The van der Waals surface area contributed by atoms with E-state index in [9.17, 15) is 9.59 Å². The standard InChI is InChI=1S/C19H28N2O3/c1-18(2,3)24-17(23)20-13-10-16(22)21-14-19(11-7-12-19)15-8-5-4-6-9-15/h4-6,8-9H,7,10-14H2,1-3H3,(H,20,23)(H,21,22). The number of alkyl carbamates (subject to hydrolysis) is 1. The third-order valence-corrected chi connectivity index (χ3v) is 4.34. The second kappa shape index (κ2) is 7.69. The molecule has 2 rings (SSSR count). The highest BCUT2D eigenvalue weighted by Crippen LogP contribution is 2.43. The molecule has 5 nitrogen and oxygen atoms in total. The Balaban J connectivity index is 1.72. The number of rotatable bonds is 6. The fourth-order valence-corrected chi connectivity index (χ4v) is 2.91. The van der Waals surface area contributed by atoms with Gasteiger partial charge in [0.25, 0.3) is 0 Å². The number of hydrogen-bond donors (Lipinski definition) is 2. The van der Waals surface area contributed by atoms with Crippen molar-refractivity contribution in [2.24, 2.45) is 0 Å². The largest absolute Gasteiger partial charge is 0.444 e. The molecule has 0 bridgehead atoms. The van der Waals surface area contributed by atoms with Crippen LogP contribution < -0.4 is 10.6 Å². The highest BCUT2D eigenvalue weighted by Gasteiger charge is 2.38. The summed E-state index contributed by atoms with van der Waals surface area (Å²) in [6, 6.07) is 10.4. The second-order valence-corrected chi connectivity index (χ2v) is 7.46. The molecule has 0 spiro atoms. The Labute approximate surface area is 144 Å². The predicted molar refractivity (Wildman–Crippen MR) is 93.8 cm³/mol. The molecule has 2 amide bonds. The summed E-state index contributed by atoms with van der Waals surface area (Å²) in [6.07, 6.45) is 3.17. The summed E-state index contributed by atoms with van der Waals surface area (Å²) >= 11 is 0. The predicted octanol–water partition coefficient (Wildman–Crippen LogP) is 3.14. The highest BCUT2D eigenvalue weighted by atomic mass is 16.6. The lowest BCUT2D eigenvalue weighted by molar-refractivity contribution is -0.121. The van der Waals surface area contributed by atoms with Gasteiger partial charge in [0.2, 0.25) is 5.91 Å². The highest BCUT2D eigenvalue weighted by molar-refractivity contribution is 5.77. The van der Waals surface area contributed by atoms with Crippen molar-refractivity contribution in [1.82, 2.24) is 10.6 Å². The molecule has 0 aliphatic heterocycles. The summed E-state index contributed by atoms with van der Waals surface area (Å²) in [7, 11) is 0. The van der Waals surface area contributed by atoms with Crippen molar-refractivity contribution in [3.05, 3.63) is 35.9 Å². The van der Waals surface area contributed by atoms with Gasteiger partial charge in [-0.1, -0.05) is 36.8 Å². The lowest BCUT2D eigenvalue weighted by Crippen LogP contribution is -2.46. The van der Waals surface area contributed by atoms with Gasteiger partial charge in [-0.05, 0) is 39.2 Å². The van der Waals surface area contributed by atoms with Gasteiger partial charge in [0.05, 0.1) is 0 Å². The van der Waals surface area contributed by atoms with E-state index in [4.69, 9.17) is 4.74 Å². The minimum Gasteiger partial charge on any atom is -0.444 e. The van der Waals surface area contributed by atoms with E-state index in [1.807, 2.05) is 18.2 Å². The van der Waals surface area contributed by atoms with Crippen LogP contribution >= 0.6 is 0 Å². The van der Waals surface area contributed by atoms with Crippen LogP contribution in [0, 0.1) is 0 Å². The van der Waals surface area contributed by atoms with Gasteiger partial charge in [0.15, 0.2) is 0 Å². The molecule has 1 saturated carbocycles. The molecule has 1 aliphatic carbocycles. The van der Waals surface area contributed by atoms with E-state index in [-0.39, 0.29) is 24.3 Å². The average Bonchev–Trinajstić information content (AvgIpc) is 2.45. The Morgan fingerprint density at radius 2 is 1.79 bits per heavy atom. The molecular weight excluding hydrogens is 304 g/mol. The van der Waals surface area contributed by atoms with E-state index in [2.05, 4.69) is 22.8 Å². The van der Waals surface area contributed by atoms with Crippen molar-refractivity contribution in [3.8, 4) is 0 Å². The maximum atomic E-state index is 12.0. The molecular formula is C19H28N2O3. The van der Waals surface area contributed by atoms with E-state index >= 15 is 0 Å². The summed E-state index contributed by atoms with van der Waals surface area (Å²) in [5, 5.41) is 5.62. The molecule has 0 aromatic heterocycles. The first-order valence-electron chi connectivity index (χ1n) is 8.60. The lowest BCUT2D eigenvalue weighted by Gasteiger charge is -2.42. The van der Waals surface area contributed by atoms with Crippen molar-refractivity contribution in [2.45, 2.75) is 57.5 Å². The quantitative estimate of drug-likeness (QED) is 0.841. The Morgan fingerprint density at radius 3 is 2.33 bits per heavy atom. The number of carbonyl (C=O) groups excluding carboxylic acids is 2. The fraction of sp³-hybridized carbons (Fsp3) is 0.579. The van der Waals surface area contributed by atoms with Gasteiger partial charge in [-0.3, -0.25) is 4.79 Å². The molecule has 24 heavy (non-hydrogen) atoms. The Kier molecular flexibility index (Phi) is 5.86. The molecule has 0 unspecified atom stereocenters. The van der Waals surface area contributed by atoms with Gasteiger partial charge >= 0.3 is 6.09 Å². The van der Waals surface area contributed by atoms with Crippen LogP contribution in [0.3, 0.4) is 0 Å². The van der Waals surface area contributed by atoms with Crippen molar-refractivity contribution in [2.75, 3.05) is 13.1 Å². The normalized spacial score (nSPS) is 16.0. The summed E-state index contributed by atoms with van der Waals surface area (Å²) < 4.78 is 5.14. The number of benzene rings is 1. The van der Waals surface area contributed by atoms with E-state index in [1.165, 1.54) is 12.0 Å². The van der Waals surface area contributed by atoms with Crippen LogP contribution in [-0.2, 0) is 14.9 Å². The summed E-state index contributed by atoms with van der Waals surface area (Å²) in [4.78, 5) is 23.6. The van der Waals surface area contributed by atoms with Gasteiger partial charge in [0, 0.05) is 24.9 Å². The van der Waals surface area contributed by atoms with Crippen LogP contribution in [0.15, 0.2) is 30.3 Å². The number of nitrogens with one attached hydrogen (secondary N) is 2. The van der Waals surface area contributed by atoms with Crippen molar-refractivity contribution >= 4 is 12.0 Å². The van der Waals surface area contributed by atoms with E-state index in [1.54, 1.807) is 20.8 Å². The van der Waals surface area contributed by atoms with Gasteiger partial charge < -0.3 is 15.4 Å². The van der Waals surface area contributed by atoms with Crippen molar-refractivity contribution in [1.29, 1.82) is 0 Å². The molecule has 1 aromatic rings. The third kappa shape index (κ3) is 5.25. The minimum absolute atomic E-state index is 0.0479. The molecule has 132 valence electrons. The van der Waals surface area contributed by atoms with E-state index in [0.717, 1.165) is 12.8 Å². The molecule has 1 aliphatic rings. The molecule has 2 N–H and O–H groups in total. The molecule has 0 radical (unpaired) electrons. The van der Waals surface area contributed by atoms with E-state index in [0.29, 0.717) is 6.54 Å². The zero-order valence-corrected chi connectivity index (χ0v) is 14.9. The molecule has 0 atom stereocenters. The number of ether oxygens (including phenoxy) is 1. The van der Waals surface area contributed by atoms with Crippen LogP contribution in [0.5, 0.6) is 0 Å². The first kappa shape index (κ1) is 18.3. The van der Waals surface area contributed by atoms with Crippen molar-refractivity contribution in [3.63, 3.8) is 0 Å². The molecule has 1 aromatic carbocycles. The molecule has 5 heteroatoms. The van der Waals surface area contributed by atoms with E-state index < -0.39 is 11.7 Å². The monoisotopic (exact) mass is 332 g/mol. The summed E-state index contributed by atoms with van der Waals surface area (Å²) in [5.41, 5.74) is 0.845. The first-order chi connectivity index (χ1) is 11.3. The van der Waals surface area contributed by atoms with Gasteiger partial charge in [0.1, 0.15) is 5.60 Å². The number of carbonyl (C=O) groups is 2. The topological polar surface area (TPSA) is 67.4 Å². The van der Waals surface area contributed by atoms with Crippen molar-refractivity contribution < 1.29 is 14.3 Å². The van der Waals surface area contributed by atoms with Gasteiger partial charge in [-0.2, -0.15) is 0 Å². The SMILES string of the molecule is CC(C)(C)OC(=O)NCCC(=O)NCC1(c2ccccc2)CCC1. The van der Waals surface area contributed by atoms with Gasteiger partial charge in [-0.15, -0.1) is 0 Å². The van der Waals surface area contributed by atoms with Crippen LogP contribution in [-0.4, -0.2) is 30.7 Å². The second-order valence-electron chi connectivity index (χ2n) is 7.46. The Hall–Kier alpha value is -2.04. The average molecular weight is 332 g/mol. The fourth-order valence-electron chi connectivity index (χ4n) is 2.91. The van der Waals surface area contributed by atoms with Crippen LogP contribution in [0.4, 0.5) is 4.79 Å². The molecule has 0 heterocycles. The van der Waals surface area contributed by atoms with Gasteiger partial charge in [-0.25, -0.2) is 4.79 Å². The number of hydrogen-bond acceptors (Lipinski definition) is 3. The van der Waals surface area contributed by atoms with Crippen LogP contribution in [0.1, 0.15) is 52.0 Å². The molecule has 0 saturated heterocycles. The summed E-state index contributed by atoms with van der Waals surface area (Å²) in [6.45, 7) is 6.35. The Bertz CT molecular complexity index is 560. The maximum Gasteiger partial charge on any atom is 0.407 e. The zero-order chi connectivity index (χ0) is 17.6. The Morgan fingerprint density at radius 1 is 1.12 bits per heavy atom. The van der Waals surface area contributed by atoms with Crippen LogP contribution in [0.2, 0.25) is 0 Å². The molecule has 1 fully saturated rings. The zero-order valence-electron chi connectivity index (χ0n) is 14.9.